The Morgan fingerprint density at radius 1 is 1.33 bits per heavy atom. The monoisotopic (exact) mass is 309 g/mol. The number of halogens is 1. The second kappa shape index (κ2) is 7.03. The van der Waals surface area contributed by atoms with Gasteiger partial charge in [-0.3, -0.25) is 4.90 Å². The van der Waals surface area contributed by atoms with E-state index >= 15 is 0 Å². The maximum atomic E-state index is 6.22. The van der Waals surface area contributed by atoms with Gasteiger partial charge in [0.05, 0.1) is 6.61 Å². The minimum absolute atomic E-state index is 0.0378. The van der Waals surface area contributed by atoms with E-state index in [1.54, 1.807) is 0 Å². The van der Waals surface area contributed by atoms with Gasteiger partial charge in [-0.25, -0.2) is 9.97 Å². The van der Waals surface area contributed by atoms with Crippen LogP contribution in [0.1, 0.15) is 62.6 Å². The summed E-state index contributed by atoms with van der Waals surface area (Å²) in [7, 11) is 0. The zero-order valence-corrected chi connectivity index (χ0v) is 13.5. The molecule has 4 nitrogen and oxygen atoms in total. The van der Waals surface area contributed by atoms with Gasteiger partial charge in [-0.15, -0.1) is 0 Å². The number of rotatable bonds is 4. The first-order valence-corrected chi connectivity index (χ1v) is 8.52. The van der Waals surface area contributed by atoms with Gasteiger partial charge in [-0.05, 0) is 31.9 Å². The normalized spacial score (nSPS) is 24.6. The Bertz CT molecular complexity index is 475. The molecule has 1 aromatic rings. The smallest absolute Gasteiger partial charge is 0.160 e. The van der Waals surface area contributed by atoms with Crippen molar-refractivity contribution >= 4 is 11.6 Å². The number of hydrogen-bond donors (Lipinski definition) is 0. The van der Waals surface area contributed by atoms with Crippen molar-refractivity contribution in [2.24, 2.45) is 0 Å². The molecule has 0 amide bonds. The van der Waals surface area contributed by atoms with Crippen LogP contribution in [-0.2, 0) is 4.74 Å². The maximum absolute atomic E-state index is 6.22. The largest absolute Gasteiger partial charge is 0.368 e. The lowest BCUT2D eigenvalue weighted by atomic mass is 10.0. The third-order valence-corrected chi connectivity index (χ3v) is 4.68. The molecule has 1 atom stereocenters. The number of ether oxygens (including phenoxy) is 1. The first kappa shape index (κ1) is 15.2. The summed E-state index contributed by atoms with van der Waals surface area (Å²) in [4.78, 5) is 11.6. The lowest BCUT2D eigenvalue weighted by molar-refractivity contribution is -0.0343. The second-order valence-electron chi connectivity index (χ2n) is 6.12. The minimum Gasteiger partial charge on any atom is -0.368 e. The molecule has 1 saturated heterocycles. The van der Waals surface area contributed by atoms with E-state index in [9.17, 15) is 0 Å². The van der Waals surface area contributed by atoms with E-state index in [4.69, 9.17) is 21.3 Å². The van der Waals surface area contributed by atoms with Crippen LogP contribution in [0.5, 0.6) is 0 Å². The first-order valence-electron chi connectivity index (χ1n) is 8.14. The molecule has 0 N–H and O–H groups in total. The van der Waals surface area contributed by atoms with Crippen molar-refractivity contribution in [2.45, 2.75) is 51.0 Å². The fourth-order valence-electron chi connectivity index (χ4n) is 3.41. The maximum Gasteiger partial charge on any atom is 0.160 e. The van der Waals surface area contributed by atoms with E-state index in [0.29, 0.717) is 11.1 Å². The summed E-state index contributed by atoms with van der Waals surface area (Å²) in [6.07, 6.45) is 6.17. The molecule has 0 aromatic carbocycles. The molecule has 2 aliphatic rings. The Morgan fingerprint density at radius 3 is 2.90 bits per heavy atom. The Kier molecular flexibility index (Phi) is 5.09. The van der Waals surface area contributed by atoms with Gasteiger partial charge >= 0.3 is 0 Å². The summed E-state index contributed by atoms with van der Waals surface area (Å²) >= 11 is 6.22. The highest BCUT2D eigenvalue weighted by Gasteiger charge is 2.26. The molecule has 1 aliphatic heterocycles. The lowest BCUT2D eigenvalue weighted by Gasteiger charge is -2.32. The number of nitrogens with zero attached hydrogens (tertiary/aromatic N) is 3. The van der Waals surface area contributed by atoms with Crippen molar-refractivity contribution in [3.8, 4) is 0 Å². The minimum atomic E-state index is -0.0378. The molecular weight excluding hydrogens is 286 g/mol. The van der Waals surface area contributed by atoms with Gasteiger partial charge in [0.25, 0.3) is 0 Å². The standard InChI is InChI=1S/C16H24ClN3O/c1-2-7-20-8-9-21-14(11-20)16-18-13(10-15(17)19-16)12-5-3-4-6-12/h10,12,14H,2-9,11H2,1H3. The number of morpholine rings is 1. The summed E-state index contributed by atoms with van der Waals surface area (Å²) in [6, 6.07) is 1.94. The summed E-state index contributed by atoms with van der Waals surface area (Å²) in [5, 5.41) is 0.554. The second-order valence-corrected chi connectivity index (χ2v) is 6.50. The molecular formula is C16H24ClN3O. The van der Waals surface area contributed by atoms with E-state index in [2.05, 4.69) is 16.8 Å². The van der Waals surface area contributed by atoms with Crippen molar-refractivity contribution in [3.05, 3.63) is 22.7 Å². The molecule has 0 radical (unpaired) electrons. The molecule has 0 bridgehead atoms. The van der Waals surface area contributed by atoms with Gasteiger partial charge in [0, 0.05) is 24.7 Å². The van der Waals surface area contributed by atoms with Crippen molar-refractivity contribution in [3.63, 3.8) is 0 Å². The molecule has 116 valence electrons. The third-order valence-electron chi connectivity index (χ3n) is 4.48. The van der Waals surface area contributed by atoms with Crippen LogP contribution in [-0.4, -0.2) is 41.1 Å². The van der Waals surface area contributed by atoms with E-state index in [1.165, 1.54) is 25.7 Å². The molecule has 21 heavy (non-hydrogen) atoms. The van der Waals surface area contributed by atoms with Crippen LogP contribution in [0.25, 0.3) is 0 Å². The molecule has 1 saturated carbocycles. The topological polar surface area (TPSA) is 38.2 Å². The summed E-state index contributed by atoms with van der Waals surface area (Å²) < 4.78 is 5.89. The highest BCUT2D eigenvalue weighted by atomic mass is 35.5. The van der Waals surface area contributed by atoms with E-state index in [-0.39, 0.29) is 6.10 Å². The molecule has 1 unspecified atom stereocenters. The molecule has 2 heterocycles. The van der Waals surface area contributed by atoms with Gasteiger partial charge in [0.15, 0.2) is 5.82 Å². The summed E-state index contributed by atoms with van der Waals surface area (Å²) in [5.74, 6) is 1.32. The van der Waals surface area contributed by atoms with Crippen LogP contribution in [0.2, 0.25) is 5.15 Å². The highest BCUT2D eigenvalue weighted by Crippen LogP contribution is 2.34. The Labute approximate surface area is 131 Å². The van der Waals surface area contributed by atoms with Gasteiger partial charge in [0.1, 0.15) is 11.3 Å². The van der Waals surface area contributed by atoms with Gasteiger partial charge in [0.2, 0.25) is 0 Å². The van der Waals surface area contributed by atoms with Crippen LogP contribution in [0.3, 0.4) is 0 Å². The number of aromatic nitrogens is 2. The van der Waals surface area contributed by atoms with Crippen LogP contribution in [0.15, 0.2) is 6.07 Å². The summed E-state index contributed by atoms with van der Waals surface area (Å²) in [5.41, 5.74) is 1.11. The zero-order valence-electron chi connectivity index (χ0n) is 12.7. The van der Waals surface area contributed by atoms with Crippen LogP contribution in [0.4, 0.5) is 0 Å². The predicted octanol–water partition coefficient (Wildman–Crippen LogP) is 3.57. The van der Waals surface area contributed by atoms with Crippen molar-refractivity contribution < 1.29 is 4.74 Å². The van der Waals surface area contributed by atoms with Gasteiger partial charge in [-0.1, -0.05) is 31.4 Å². The zero-order chi connectivity index (χ0) is 14.7. The Morgan fingerprint density at radius 2 is 2.14 bits per heavy atom. The number of hydrogen-bond acceptors (Lipinski definition) is 4. The first-order chi connectivity index (χ1) is 10.3. The van der Waals surface area contributed by atoms with Crippen molar-refractivity contribution in [1.82, 2.24) is 14.9 Å². The fourth-order valence-corrected chi connectivity index (χ4v) is 3.60. The summed E-state index contributed by atoms with van der Waals surface area (Å²) in [6.45, 7) is 5.94. The highest BCUT2D eigenvalue weighted by molar-refractivity contribution is 6.29. The third kappa shape index (κ3) is 3.74. The molecule has 0 spiro atoms. The van der Waals surface area contributed by atoms with E-state index < -0.39 is 0 Å². The van der Waals surface area contributed by atoms with E-state index in [0.717, 1.165) is 44.2 Å². The van der Waals surface area contributed by atoms with Crippen LogP contribution >= 0.6 is 11.6 Å². The predicted molar refractivity (Wildman–Crippen MR) is 83.7 cm³/mol. The quantitative estimate of drug-likeness (QED) is 0.797. The van der Waals surface area contributed by atoms with E-state index in [1.807, 2.05) is 6.07 Å². The van der Waals surface area contributed by atoms with Crippen molar-refractivity contribution in [1.29, 1.82) is 0 Å². The average Bonchev–Trinajstić information content (AvgIpc) is 3.01. The molecule has 2 fully saturated rings. The van der Waals surface area contributed by atoms with Gasteiger partial charge in [-0.2, -0.15) is 0 Å². The Hall–Kier alpha value is -0.710. The molecule has 1 aromatic heterocycles. The van der Waals surface area contributed by atoms with Gasteiger partial charge < -0.3 is 4.74 Å². The average molecular weight is 310 g/mol. The fraction of sp³-hybridized carbons (Fsp3) is 0.750. The molecule has 5 heteroatoms. The lowest BCUT2D eigenvalue weighted by Crippen LogP contribution is -2.39. The molecule has 3 rings (SSSR count). The van der Waals surface area contributed by atoms with Crippen LogP contribution < -0.4 is 0 Å². The Balaban J connectivity index is 1.77. The SMILES string of the molecule is CCCN1CCOC(c2nc(Cl)cc(C3CCCC3)n2)C1. The van der Waals surface area contributed by atoms with Crippen LogP contribution in [0, 0.1) is 0 Å². The van der Waals surface area contributed by atoms with Crippen molar-refractivity contribution in [2.75, 3.05) is 26.2 Å². The molecule has 1 aliphatic carbocycles.